The van der Waals surface area contributed by atoms with Crippen molar-refractivity contribution in [2.75, 3.05) is 18.4 Å². The molecule has 2 aromatic carbocycles. The summed E-state index contributed by atoms with van der Waals surface area (Å²) >= 11 is 0. The number of benzene rings is 2. The van der Waals surface area contributed by atoms with Gasteiger partial charge in [-0.3, -0.25) is 9.97 Å². The van der Waals surface area contributed by atoms with Crippen LogP contribution in [-0.4, -0.2) is 28.2 Å². The van der Waals surface area contributed by atoms with Crippen molar-refractivity contribution in [3.05, 3.63) is 114 Å². The molecule has 0 amide bonds. The maximum Gasteiger partial charge on any atom is 0.123 e. The number of rotatable bonds is 10. The first kappa shape index (κ1) is 22.6. The number of nitrogens with zero attached hydrogens (tertiary/aromatic N) is 2. The van der Waals surface area contributed by atoms with Crippen molar-refractivity contribution < 1.29 is 9.50 Å². The fraction of sp³-hybridized carbons (Fsp3) is 0.185. The first-order valence-corrected chi connectivity index (χ1v) is 11.0. The molecule has 2 heterocycles. The molecule has 4 aromatic rings. The van der Waals surface area contributed by atoms with Gasteiger partial charge in [0.05, 0.1) is 17.5 Å². The minimum absolute atomic E-state index is 0.216. The number of pyridine rings is 2. The van der Waals surface area contributed by atoms with Crippen molar-refractivity contribution in [2.45, 2.75) is 19.1 Å². The van der Waals surface area contributed by atoms with Gasteiger partial charge < -0.3 is 15.7 Å². The van der Waals surface area contributed by atoms with Crippen LogP contribution in [0, 0.1) is 5.82 Å². The molecule has 168 valence electrons. The third-order valence-electron chi connectivity index (χ3n) is 5.36. The summed E-state index contributed by atoms with van der Waals surface area (Å²) in [5.74, 6) is -0.216. The largest absolute Gasteiger partial charge is 0.387 e. The monoisotopic (exact) mass is 442 g/mol. The molecule has 0 fully saturated rings. The summed E-state index contributed by atoms with van der Waals surface area (Å²) in [7, 11) is 0. The number of anilines is 1. The number of halogens is 1. The van der Waals surface area contributed by atoms with Gasteiger partial charge in [-0.25, -0.2) is 4.39 Å². The van der Waals surface area contributed by atoms with Crippen LogP contribution in [0.1, 0.15) is 22.9 Å². The van der Waals surface area contributed by atoms with E-state index in [-0.39, 0.29) is 5.82 Å². The Bertz CT molecular complexity index is 1150. The lowest BCUT2D eigenvalue weighted by molar-refractivity contribution is 0.174. The van der Waals surface area contributed by atoms with Crippen molar-refractivity contribution in [1.82, 2.24) is 15.3 Å². The average Bonchev–Trinajstić information content (AvgIpc) is 2.85. The summed E-state index contributed by atoms with van der Waals surface area (Å²) in [5, 5.41) is 17.2. The van der Waals surface area contributed by atoms with Gasteiger partial charge in [0.1, 0.15) is 5.82 Å². The summed E-state index contributed by atoms with van der Waals surface area (Å²) < 4.78 is 13.4. The number of hydrogen-bond acceptors (Lipinski definition) is 5. The van der Waals surface area contributed by atoms with Gasteiger partial charge in [-0.05, 0) is 48.4 Å². The zero-order chi connectivity index (χ0) is 22.9. The second kappa shape index (κ2) is 11.3. The number of aliphatic hydroxyl groups is 1. The molecule has 5 nitrogen and oxygen atoms in total. The fourth-order valence-corrected chi connectivity index (χ4v) is 3.61. The molecular formula is C27H27FN4O. The first-order valence-electron chi connectivity index (χ1n) is 11.0. The van der Waals surface area contributed by atoms with Crippen LogP contribution in [0.2, 0.25) is 0 Å². The van der Waals surface area contributed by atoms with Gasteiger partial charge in [0.25, 0.3) is 0 Å². The molecule has 0 saturated carbocycles. The highest BCUT2D eigenvalue weighted by molar-refractivity contribution is 5.75. The summed E-state index contributed by atoms with van der Waals surface area (Å²) in [6.45, 7) is 1.69. The van der Waals surface area contributed by atoms with E-state index < -0.39 is 6.10 Å². The first-order chi connectivity index (χ1) is 16.2. The molecule has 0 aliphatic carbocycles. The van der Waals surface area contributed by atoms with Gasteiger partial charge >= 0.3 is 0 Å². The molecule has 3 N–H and O–H groups in total. The highest BCUT2D eigenvalue weighted by Gasteiger charge is 2.10. The average molecular weight is 443 g/mol. The van der Waals surface area contributed by atoms with Crippen LogP contribution in [0.25, 0.3) is 11.3 Å². The highest BCUT2D eigenvalue weighted by Crippen LogP contribution is 2.27. The quantitative estimate of drug-likeness (QED) is 0.330. The van der Waals surface area contributed by atoms with Crippen LogP contribution in [0.4, 0.5) is 10.1 Å². The lowest BCUT2D eigenvalue weighted by Gasteiger charge is -2.14. The number of aromatic nitrogens is 2. The molecule has 6 heteroatoms. The van der Waals surface area contributed by atoms with Gasteiger partial charge in [-0.1, -0.05) is 42.5 Å². The SMILES string of the molecule is OC(CNCc1ccccn1)c1ccc(-c2ccccc2NCCc2cccc(F)c2)nc1. The summed E-state index contributed by atoms with van der Waals surface area (Å²) in [5.41, 5.74) is 5.40. The van der Waals surface area contributed by atoms with Crippen molar-refractivity contribution >= 4 is 5.69 Å². The number of para-hydroxylation sites is 1. The van der Waals surface area contributed by atoms with E-state index >= 15 is 0 Å². The Kier molecular flexibility index (Phi) is 7.74. The summed E-state index contributed by atoms with van der Waals surface area (Å²) in [6.07, 6.45) is 3.53. The standard InChI is InChI=1S/C27H27FN4O/c28-22-7-5-6-20(16-22)13-15-31-25-10-2-1-9-24(25)26-12-11-21(17-32-26)27(33)19-29-18-23-8-3-4-14-30-23/h1-12,14,16-17,27,29,31,33H,13,15,18-19H2. The molecule has 33 heavy (non-hydrogen) atoms. The van der Waals surface area contributed by atoms with Crippen molar-refractivity contribution in [2.24, 2.45) is 0 Å². The van der Waals surface area contributed by atoms with Crippen LogP contribution in [0.3, 0.4) is 0 Å². The van der Waals surface area contributed by atoms with Crippen LogP contribution >= 0.6 is 0 Å². The van der Waals surface area contributed by atoms with E-state index in [1.165, 1.54) is 6.07 Å². The smallest absolute Gasteiger partial charge is 0.123 e. The third-order valence-corrected chi connectivity index (χ3v) is 5.36. The Morgan fingerprint density at radius 1 is 0.909 bits per heavy atom. The molecule has 2 aromatic heterocycles. The predicted molar refractivity (Wildman–Crippen MR) is 129 cm³/mol. The Morgan fingerprint density at radius 2 is 1.79 bits per heavy atom. The molecule has 0 radical (unpaired) electrons. The summed E-state index contributed by atoms with van der Waals surface area (Å²) in [6, 6.07) is 24.2. The number of aliphatic hydroxyl groups excluding tert-OH is 1. The second-order valence-electron chi connectivity index (χ2n) is 7.80. The molecule has 4 rings (SSSR count). The zero-order valence-electron chi connectivity index (χ0n) is 18.3. The lowest BCUT2D eigenvalue weighted by Crippen LogP contribution is -2.21. The zero-order valence-corrected chi connectivity index (χ0v) is 18.3. The summed E-state index contributed by atoms with van der Waals surface area (Å²) in [4.78, 5) is 8.85. The highest BCUT2D eigenvalue weighted by atomic mass is 19.1. The van der Waals surface area contributed by atoms with Crippen LogP contribution < -0.4 is 10.6 Å². The van der Waals surface area contributed by atoms with E-state index in [4.69, 9.17) is 0 Å². The van der Waals surface area contributed by atoms with Crippen LogP contribution in [0.5, 0.6) is 0 Å². The maximum atomic E-state index is 13.4. The topological polar surface area (TPSA) is 70.1 Å². The lowest BCUT2D eigenvalue weighted by atomic mass is 10.1. The Balaban J connectivity index is 1.35. The molecular weight excluding hydrogens is 415 g/mol. The Labute approximate surface area is 193 Å². The van der Waals surface area contributed by atoms with Gasteiger partial charge in [0, 0.05) is 48.8 Å². The van der Waals surface area contributed by atoms with Crippen molar-refractivity contribution in [1.29, 1.82) is 0 Å². The molecule has 1 atom stereocenters. The minimum Gasteiger partial charge on any atom is -0.387 e. The van der Waals surface area contributed by atoms with Gasteiger partial charge in [-0.2, -0.15) is 0 Å². The number of hydrogen-bond donors (Lipinski definition) is 3. The van der Waals surface area contributed by atoms with E-state index in [0.29, 0.717) is 19.6 Å². The molecule has 0 aliphatic rings. The molecule has 0 aliphatic heterocycles. The van der Waals surface area contributed by atoms with E-state index in [9.17, 15) is 9.50 Å². The van der Waals surface area contributed by atoms with Gasteiger partial charge in [-0.15, -0.1) is 0 Å². The van der Waals surface area contributed by atoms with E-state index in [0.717, 1.165) is 40.2 Å². The van der Waals surface area contributed by atoms with Crippen molar-refractivity contribution in [3.63, 3.8) is 0 Å². The molecule has 0 spiro atoms. The molecule has 0 saturated heterocycles. The third kappa shape index (κ3) is 6.44. The Morgan fingerprint density at radius 3 is 2.58 bits per heavy atom. The van der Waals surface area contributed by atoms with Crippen LogP contribution in [0.15, 0.2) is 91.3 Å². The minimum atomic E-state index is -0.658. The molecule has 1 unspecified atom stereocenters. The Hall–Kier alpha value is -3.61. The normalized spacial score (nSPS) is 11.8. The van der Waals surface area contributed by atoms with E-state index in [1.807, 2.05) is 60.7 Å². The maximum absolute atomic E-state index is 13.4. The van der Waals surface area contributed by atoms with E-state index in [1.54, 1.807) is 24.5 Å². The predicted octanol–water partition coefficient (Wildman–Crippen LogP) is 4.76. The van der Waals surface area contributed by atoms with E-state index in [2.05, 4.69) is 20.6 Å². The second-order valence-corrected chi connectivity index (χ2v) is 7.80. The van der Waals surface area contributed by atoms with Crippen molar-refractivity contribution in [3.8, 4) is 11.3 Å². The van der Waals surface area contributed by atoms with Gasteiger partial charge in [0.2, 0.25) is 0 Å². The van der Waals surface area contributed by atoms with Crippen LogP contribution in [-0.2, 0) is 13.0 Å². The molecule has 0 bridgehead atoms. The van der Waals surface area contributed by atoms with Gasteiger partial charge in [0.15, 0.2) is 0 Å². The number of nitrogens with one attached hydrogen (secondary N) is 2. The fourth-order valence-electron chi connectivity index (χ4n) is 3.61.